The van der Waals surface area contributed by atoms with E-state index in [9.17, 15) is 0 Å². The zero-order chi connectivity index (χ0) is 12.5. The molecule has 2 heterocycles. The molecule has 0 saturated carbocycles. The highest BCUT2D eigenvalue weighted by molar-refractivity contribution is 5.72. The third kappa shape index (κ3) is 1.73. The van der Waals surface area contributed by atoms with E-state index in [1.54, 1.807) is 7.11 Å². The average molecular weight is 242 g/mol. The van der Waals surface area contributed by atoms with E-state index in [1.165, 1.54) is 0 Å². The number of fused-ring (bicyclic) bond motifs is 1. The van der Waals surface area contributed by atoms with Gasteiger partial charge in [0.15, 0.2) is 0 Å². The Hall–Kier alpha value is -2.30. The van der Waals surface area contributed by atoms with Crippen LogP contribution >= 0.6 is 0 Å². The fourth-order valence-corrected chi connectivity index (χ4v) is 2.18. The minimum atomic E-state index is 0.300. The Morgan fingerprint density at radius 2 is 2.00 bits per heavy atom. The van der Waals surface area contributed by atoms with E-state index >= 15 is 0 Å². The van der Waals surface area contributed by atoms with E-state index < -0.39 is 0 Å². The third-order valence-corrected chi connectivity index (χ3v) is 3.06. The van der Waals surface area contributed by atoms with Crippen LogP contribution in [0.3, 0.4) is 0 Å². The molecule has 0 saturated heterocycles. The molecule has 92 valence electrons. The standard InChI is InChI=1S/C13H14N4O/c1-18-9-4-2-8(3-5-9)11-10-6-7-15-12(10)17-13(14)16-11/h2-5H,6-7H2,1H3,(H3,14,15,16,17). The number of nitrogens with zero attached hydrogens (tertiary/aromatic N) is 2. The van der Waals surface area contributed by atoms with Crippen molar-refractivity contribution in [2.75, 3.05) is 24.7 Å². The first kappa shape index (κ1) is 10.8. The van der Waals surface area contributed by atoms with Crippen LogP contribution in [0.4, 0.5) is 11.8 Å². The number of nitrogens with one attached hydrogen (secondary N) is 1. The molecule has 5 heteroatoms. The molecule has 0 fully saturated rings. The van der Waals surface area contributed by atoms with Crippen molar-refractivity contribution in [3.8, 4) is 17.0 Å². The lowest BCUT2D eigenvalue weighted by molar-refractivity contribution is 0.415. The summed E-state index contributed by atoms with van der Waals surface area (Å²) in [5, 5.41) is 3.22. The minimum Gasteiger partial charge on any atom is -0.497 e. The Morgan fingerprint density at radius 1 is 1.22 bits per heavy atom. The van der Waals surface area contributed by atoms with Gasteiger partial charge in [0.2, 0.25) is 5.95 Å². The number of aromatic nitrogens is 2. The molecule has 3 rings (SSSR count). The topological polar surface area (TPSA) is 73.1 Å². The second kappa shape index (κ2) is 4.18. The normalized spacial score (nSPS) is 12.9. The van der Waals surface area contributed by atoms with Gasteiger partial charge in [0.05, 0.1) is 12.8 Å². The van der Waals surface area contributed by atoms with Crippen LogP contribution in [0.2, 0.25) is 0 Å². The van der Waals surface area contributed by atoms with E-state index in [2.05, 4.69) is 15.3 Å². The molecular weight excluding hydrogens is 228 g/mol. The van der Waals surface area contributed by atoms with Gasteiger partial charge in [0, 0.05) is 17.7 Å². The van der Waals surface area contributed by atoms with E-state index in [0.29, 0.717) is 5.95 Å². The highest BCUT2D eigenvalue weighted by atomic mass is 16.5. The summed E-state index contributed by atoms with van der Waals surface area (Å²) >= 11 is 0. The van der Waals surface area contributed by atoms with Gasteiger partial charge in [-0.15, -0.1) is 0 Å². The Kier molecular flexibility index (Phi) is 2.51. The second-order valence-electron chi connectivity index (χ2n) is 4.16. The van der Waals surface area contributed by atoms with Gasteiger partial charge < -0.3 is 15.8 Å². The SMILES string of the molecule is COc1ccc(-c2nc(N)nc3c2CCN3)cc1. The van der Waals surface area contributed by atoms with Gasteiger partial charge in [-0.25, -0.2) is 4.98 Å². The highest BCUT2D eigenvalue weighted by Crippen LogP contribution is 2.31. The van der Waals surface area contributed by atoms with Crippen LogP contribution in [0.1, 0.15) is 5.56 Å². The molecule has 0 amide bonds. The van der Waals surface area contributed by atoms with Crippen molar-refractivity contribution < 1.29 is 4.74 Å². The fraction of sp³-hybridized carbons (Fsp3) is 0.231. The molecule has 1 aliphatic rings. The van der Waals surface area contributed by atoms with Gasteiger partial charge in [-0.1, -0.05) is 0 Å². The number of hydrogen-bond donors (Lipinski definition) is 2. The molecule has 18 heavy (non-hydrogen) atoms. The van der Waals surface area contributed by atoms with Gasteiger partial charge in [-0.3, -0.25) is 0 Å². The summed E-state index contributed by atoms with van der Waals surface area (Å²) in [4.78, 5) is 8.56. The Bertz CT molecular complexity index is 580. The number of nitrogens with two attached hydrogens (primary N) is 1. The van der Waals surface area contributed by atoms with Crippen LogP contribution in [0, 0.1) is 0 Å². The summed E-state index contributed by atoms with van der Waals surface area (Å²) in [7, 11) is 1.65. The first-order valence-electron chi connectivity index (χ1n) is 5.82. The van der Waals surface area contributed by atoms with Gasteiger partial charge in [0.25, 0.3) is 0 Å². The summed E-state index contributed by atoms with van der Waals surface area (Å²) in [6.07, 6.45) is 0.928. The van der Waals surface area contributed by atoms with Gasteiger partial charge in [-0.2, -0.15) is 4.98 Å². The smallest absolute Gasteiger partial charge is 0.222 e. The first-order chi connectivity index (χ1) is 8.78. The summed E-state index contributed by atoms with van der Waals surface area (Å²) in [6.45, 7) is 0.886. The van der Waals surface area contributed by atoms with Crippen molar-refractivity contribution in [2.24, 2.45) is 0 Å². The monoisotopic (exact) mass is 242 g/mol. The van der Waals surface area contributed by atoms with Crippen LogP contribution in [-0.4, -0.2) is 23.6 Å². The van der Waals surface area contributed by atoms with E-state index in [4.69, 9.17) is 10.5 Å². The third-order valence-electron chi connectivity index (χ3n) is 3.06. The average Bonchev–Trinajstić information content (AvgIpc) is 2.86. The maximum Gasteiger partial charge on any atom is 0.222 e. The van der Waals surface area contributed by atoms with Crippen molar-refractivity contribution >= 4 is 11.8 Å². The molecule has 1 aliphatic heterocycles. The lowest BCUT2D eigenvalue weighted by atomic mass is 10.1. The summed E-state index contributed by atoms with van der Waals surface area (Å²) in [6, 6.07) is 7.81. The number of anilines is 2. The number of ether oxygens (including phenoxy) is 1. The predicted octanol–water partition coefficient (Wildman–Crippen LogP) is 1.70. The lowest BCUT2D eigenvalue weighted by Crippen LogP contribution is -2.01. The molecule has 1 aromatic carbocycles. The summed E-state index contributed by atoms with van der Waals surface area (Å²) in [5.41, 5.74) is 8.81. The Balaban J connectivity index is 2.10. The molecule has 5 nitrogen and oxygen atoms in total. The molecule has 0 aliphatic carbocycles. The van der Waals surface area contributed by atoms with Crippen LogP contribution in [0.15, 0.2) is 24.3 Å². The maximum absolute atomic E-state index is 5.74. The fourth-order valence-electron chi connectivity index (χ4n) is 2.18. The van der Waals surface area contributed by atoms with Crippen LogP contribution in [0.25, 0.3) is 11.3 Å². The Labute approximate surface area is 105 Å². The predicted molar refractivity (Wildman–Crippen MR) is 70.6 cm³/mol. The number of nitrogen functional groups attached to an aromatic ring is 1. The highest BCUT2D eigenvalue weighted by Gasteiger charge is 2.19. The molecule has 2 aromatic rings. The quantitative estimate of drug-likeness (QED) is 0.838. The number of rotatable bonds is 2. The van der Waals surface area contributed by atoms with Crippen LogP contribution < -0.4 is 15.8 Å². The van der Waals surface area contributed by atoms with Crippen molar-refractivity contribution in [1.29, 1.82) is 0 Å². The molecule has 0 spiro atoms. The molecule has 0 unspecified atom stereocenters. The Morgan fingerprint density at radius 3 is 2.72 bits per heavy atom. The maximum atomic E-state index is 5.74. The van der Waals surface area contributed by atoms with Gasteiger partial charge >= 0.3 is 0 Å². The molecule has 1 aromatic heterocycles. The molecular formula is C13H14N4O. The summed E-state index contributed by atoms with van der Waals surface area (Å²) < 4.78 is 5.15. The van der Waals surface area contributed by atoms with E-state index in [-0.39, 0.29) is 0 Å². The van der Waals surface area contributed by atoms with E-state index in [0.717, 1.165) is 41.4 Å². The van der Waals surface area contributed by atoms with Crippen molar-refractivity contribution in [3.05, 3.63) is 29.8 Å². The number of benzene rings is 1. The van der Waals surface area contributed by atoms with Crippen molar-refractivity contribution in [3.63, 3.8) is 0 Å². The van der Waals surface area contributed by atoms with Crippen LogP contribution in [0.5, 0.6) is 5.75 Å². The molecule has 3 N–H and O–H groups in total. The zero-order valence-corrected chi connectivity index (χ0v) is 10.1. The number of methoxy groups -OCH3 is 1. The zero-order valence-electron chi connectivity index (χ0n) is 10.1. The first-order valence-corrected chi connectivity index (χ1v) is 5.82. The van der Waals surface area contributed by atoms with E-state index in [1.807, 2.05) is 24.3 Å². The van der Waals surface area contributed by atoms with Gasteiger partial charge in [0.1, 0.15) is 11.6 Å². The molecule has 0 atom stereocenters. The van der Waals surface area contributed by atoms with Crippen molar-refractivity contribution in [2.45, 2.75) is 6.42 Å². The second-order valence-corrected chi connectivity index (χ2v) is 4.16. The van der Waals surface area contributed by atoms with Crippen LogP contribution in [-0.2, 0) is 6.42 Å². The molecule has 0 radical (unpaired) electrons. The lowest BCUT2D eigenvalue weighted by Gasteiger charge is -2.08. The summed E-state index contributed by atoms with van der Waals surface area (Å²) in [5.74, 6) is 1.98. The number of hydrogen-bond acceptors (Lipinski definition) is 5. The molecule has 0 bridgehead atoms. The van der Waals surface area contributed by atoms with Gasteiger partial charge in [-0.05, 0) is 30.7 Å². The largest absolute Gasteiger partial charge is 0.497 e. The van der Waals surface area contributed by atoms with Crippen molar-refractivity contribution in [1.82, 2.24) is 9.97 Å². The minimum absolute atomic E-state index is 0.300.